The third kappa shape index (κ3) is 3.91. The molecular weight excluding hydrogens is 451 g/mol. The monoisotopic (exact) mass is 464 g/mol. The summed E-state index contributed by atoms with van der Waals surface area (Å²) in [5.41, 5.74) is 2.68. The van der Waals surface area contributed by atoms with Gasteiger partial charge in [0, 0.05) is 11.8 Å². The molecule has 2 N–H and O–H groups in total. The first kappa shape index (κ1) is 20.4. The predicted octanol–water partition coefficient (Wildman–Crippen LogP) is 5.04. The molecule has 0 fully saturated rings. The second-order valence-corrected chi connectivity index (χ2v) is 7.84. The molecule has 12 heteroatoms. The highest BCUT2D eigenvalue weighted by Crippen LogP contribution is 2.32. The maximum atomic E-state index is 12.6. The molecule has 30 heavy (non-hydrogen) atoms. The van der Waals surface area contributed by atoms with Gasteiger partial charge in [-0.15, -0.1) is 4.80 Å². The van der Waals surface area contributed by atoms with Crippen molar-refractivity contribution in [3.8, 4) is 5.69 Å². The Bertz CT molecular complexity index is 1210. The van der Waals surface area contributed by atoms with E-state index in [1.165, 1.54) is 17.2 Å². The van der Waals surface area contributed by atoms with Crippen LogP contribution in [0.2, 0.25) is 15.2 Å². The van der Waals surface area contributed by atoms with Gasteiger partial charge in [0.2, 0.25) is 0 Å². The van der Waals surface area contributed by atoms with Crippen LogP contribution < -0.4 is 10.6 Å². The number of benzene rings is 1. The fourth-order valence-corrected chi connectivity index (χ4v) is 3.83. The molecule has 0 aliphatic carbocycles. The molecule has 0 unspecified atom stereocenters. The zero-order valence-corrected chi connectivity index (χ0v) is 18.0. The molecule has 0 spiro atoms. The van der Waals surface area contributed by atoms with E-state index in [1.807, 2.05) is 13.8 Å². The number of fused-ring (bicyclic) bond motifs is 1. The van der Waals surface area contributed by atoms with Gasteiger partial charge in [0.15, 0.2) is 10.8 Å². The Labute approximate surface area is 185 Å². The molecule has 0 radical (unpaired) electrons. The van der Waals surface area contributed by atoms with E-state index in [1.54, 1.807) is 28.9 Å². The molecule has 154 valence electrons. The molecule has 0 saturated carbocycles. The zero-order valence-electron chi connectivity index (χ0n) is 15.8. The number of urea groups is 1. The molecular formula is C18H15Cl3N8O. The van der Waals surface area contributed by atoms with Crippen molar-refractivity contribution in [2.45, 2.75) is 19.8 Å². The minimum atomic E-state index is -0.492. The van der Waals surface area contributed by atoms with Crippen molar-refractivity contribution in [1.29, 1.82) is 0 Å². The highest BCUT2D eigenvalue weighted by atomic mass is 35.5. The molecule has 3 aromatic heterocycles. The molecule has 2 amide bonds. The first-order valence-electron chi connectivity index (χ1n) is 8.81. The average molecular weight is 466 g/mol. The maximum Gasteiger partial charge on any atom is 0.323 e. The fourth-order valence-electron chi connectivity index (χ4n) is 3.02. The van der Waals surface area contributed by atoms with Gasteiger partial charge in [-0.2, -0.15) is 15.3 Å². The lowest BCUT2D eigenvalue weighted by atomic mass is 10.1. The van der Waals surface area contributed by atoms with Crippen molar-refractivity contribution in [3.63, 3.8) is 0 Å². The summed E-state index contributed by atoms with van der Waals surface area (Å²) in [5.74, 6) is 0.0477. The summed E-state index contributed by atoms with van der Waals surface area (Å²) < 4.78 is 1.61. The molecule has 0 atom stereocenters. The van der Waals surface area contributed by atoms with Crippen molar-refractivity contribution in [2.24, 2.45) is 0 Å². The summed E-state index contributed by atoms with van der Waals surface area (Å²) in [6.45, 7) is 3.96. The summed E-state index contributed by atoms with van der Waals surface area (Å²) >= 11 is 18.6. The number of rotatable bonds is 4. The van der Waals surface area contributed by atoms with Crippen molar-refractivity contribution in [1.82, 2.24) is 29.6 Å². The van der Waals surface area contributed by atoms with E-state index in [2.05, 4.69) is 30.9 Å². The van der Waals surface area contributed by atoms with Crippen molar-refractivity contribution in [3.05, 3.63) is 57.7 Å². The topological polar surface area (TPSA) is 102 Å². The molecule has 0 bridgehead atoms. The number of halogens is 3. The van der Waals surface area contributed by atoms with E-state index >= 15 is 0 Å². The summed E-state index contributed by atoms with van der Waals surface area (Å²) in [5, 5.41) is 18.7. The van der Waals surface area contributed by atoms with Crippen LogP contribution in [0.5, 0.6) is 0 Å². The normalized spacial score (nSPS) is 11.3. The Hall–Kier alpha value is -2.88. The number of carbonyl (C=O) groups is 1. The largest absolute Gasteiger partial charge is 0.323 e. The van der Waals surface area contributed by atoms with Crippen LogP contribution in [0.25, 0.3) is 11.3 Å². The number of amides is 2. The van der Waals surface area contributed by atoms with Gasteiger partial charge in [0.1, 0.15) is 5.69 Å². The third-order valence-electron chi connectivity index (χ3n) is 4.18. The van der Waals surface area contributed by atoms with E-state index in [0.29, 0.717) is 27.9 Å². The number of nitrogens with zero attached hydrogens (tertiary/aromatic N) is 6. The van der Waals surface area contributed by atoms with Gasteiger partial charge in [-0.25, -0.2) is 14.3 Å². The maximum absolute atomic E-state index is 12.6. The number of nitrogens with one attached hydrogen (secondary N) is 2. The molecule has 3 heterocycles. The quantitative estimate of drug-likeness (QED) is 0.440. The lowest BCUT2D eigenvalue weighted by molar-refractivity contribution is 0.262. The summed E-state index contributed by atoms with van der Waals surface area (Å²) in [6, 6.07) is 4.28. The number of carbonyl (C=O) groups excluding carboxylic acids is 1. The fraction of sp³-hybridized carbons (Fsp3) is 0.167. The highest BCUT2D eigenvalue weighted by Gasteiger charge is 2.18. The van der Waals surface area contributed by atoms with Crippen molar-refractivity contribution < 1.29 is 4.79 Å². The van der Waals surface area contributed by atoms with Crippen molar-refractivity contribution in [2.75, 3.05) is 10.6 Å². The first-order valence-corrected chi connectivity index (χ1v) is 9.95. The molecule has 0 aliphatic heterocycles. The van der Waals surface area contributed by atoms with E-state index in [0.717, 1.165) is 5.69 Å². The average Bonchev–Trinajstić information content (AvgIpc) is 3.29. The molecule has 0 saturated heterocycles. The Balaban J connectivity index is 1.59. The molecule has 4 rings (SSSR count). The van der Waals surface area contributed by atoms with Gasteiger partial charge in [-0.3, -0.25) is 0 Å². The molecule has 0 aliphatic rings. The molecule has 4 aromatic rings. The zero-order chi connectivity index (χ0) is 21.4. The second kappa shape index (κ2) is 8.10. The number of hydrogen-bond acceptors (Lipinski definition) is 5. The van der Waals surface area contributed by atoms with Gasteiger partial charge in [0.25, 0.3) is 0 Å². The minimum absolute atomic E-state index is 0.0477. The van der Waals surface area contributed by atoms with Gasteiger partial charge < -0.3 is 10.6 Å². The van der Waals surface area contributed by atoms with Crippen LogP contribution in [0.1, 0.15) is 25.5 Å². The molecule has 9 nitrogen and oxygen atoms in total. The summed E-state index contributed by atoms with van der Waals surface area (Å²) in [7, 11) is 0. The number of anilines is 2. The predicted molar refractivity (Wildman–Crippen MR) is 116 cm³/mol. The standard InChI is InChI=1S/C18H15Cl3N8O/c1-9(2)16-13(8-22-15-7-14(21)27-28(15)16)26-18(30)25-10-5-11(19)17(12(20)6-10)29-23-3-4-24-29/h3-9H,1-2H3,(H2,25,26,30). The van der Waals surface area contributed by atoms with E-state index in [-0.39, 0.29) is 16.0 Å². The Morgan fingerprint density at radius 3 is 2.33 bits per heavy atom. The number of aromatic nitrogens is 6. The summed E-state index contributed by atoms with van der Waals surface area (Å²) in [6.07, 6.45) is 4.58. The van der Waals surface area contributed by atoms with Crippen LogP contribution in [-0.4, -0.2) is 35.6 Å². The minimum Gasteiger partial charge on any atom is -0.308 e. The van der Waals surface area contributed by atoms with Crippen molar-refractivity contribution >= 4 is 57.9 Å². The van der Waals surface area contributed by atoms with Crippen LogP contribution in [0.3, 0.4) is 0 Å². The van der Waals surface area contributed by atoms with E-state index in [4.69, 9.17) is 34.8 Å². The smallest absolute Gasteiger partial charge is 0.308 e. The summed E-state index contributed by atoms with van der Waals surface area (Å²) in [4.78, 5) is 18.2. The van der Waals surface area contributed by atoms with E-state index in [9.17, 15) is 4.79 Å². The highest BCUT2D eigenvalue weighted by molar-refractivity contribution is 6.38. The Morgan fingerprint density at radius 1 is 1.03 bits per heavy atom. The number of hydrogen-bond donors (Lipinski definition) is 2. The van der Waals surface area contributed by atoms with Crippen LogP contribution in [-0.2, 0) is 0 Å². The van der Waals surface area contributed by atoms with Crippen LogP contribution in [0.4, 0.5) is 16.2 Å². The van der Waals surface area contributed by atoms with Gasteiger partial charge in [0.05, 0.1) is 40.0 Å². The van der Waals surface area contributed by atoms with Crippen LogP contribution in [0.15, 0.2) is 36.8 Å². The van der Waals surface area contributed by atoms with E-state index < -0.39 is 6.03 Å². The SMILES string of the molecule is CC(C)c1c(NC(=O)Nc2cc(Cl)c(-n3nccn3)c(Cl)c2)cnc2cc(Cl)nn12. The first-order chi connectivity index (χ1) is 14.3. The van der Waals surface area contributed by atoms with Crippen LogP contribution in [0, 0.1) is 0 Å². The third-order valence-corrected chi connectivity index (χ3v) is 4.94. The Kier molecular flexibility index (Phi) is 5.50. The van der Waals surface area contributed by atoms with Gasteiger partial charge in [-0.1, -0.05) is 48.7 Å². The van der Waals surface area contributed by atoms with Gasteiger partial charge in [-0.05, 0) is 18.1 Å². The molecule has 1 aromatic carbocycles. The lowest BCUT2D eigenvalue weighted by Crippen LogP contribution is -2.22. The van der Waals surface area contributed by atoms with Gasteiger partial charge >= 0.3 is 6.03 Å². The Morgan fingerprint density at radius 2 is 1.70 bits per heavy atom. The van der Waals surface area contributed by atoms with Crippen LogP contribution >= 0.6 is 34.8 Å². The second-order valence-electron chi connectivity index (χ2n) is 6.64. The lowest BCUT2D eigenvalue weighted by Gasteiger charge is -2.16.